The van der Waals surface area contributed by atoms with E-state index in [-0.39, 0.29) is 0 Å². The molecule has 2 heteroatoms. The lowest BCUT2D eigenvalue weighted by atomic mass is 10.0. The molecule has 0 aliphatic carbocycles. The van der Waals surface area contributed by atoms with E-state index < -0.39 is 0 Å². The highest BCUT2D eigenvalue weighted by atomic mass is 15.1. The number of aromatic nitrogens is 2. The van der Waals surface area contributed by atoms with E-state index in [1.165, 1.54) is 29.8 Å². The predicted molar refractivity (Wildman–Crippen MR) is 70.0 cm³/mol. The fourth-order valence-electron chi connectivity index (χ4n) is 2.56. The van der Waals surface area contributed by atoms with E-state index in [1.807, 2.05) is 0 Å². The van der Waals surface area contributed by atoms with Gasteiger partial charge >= 0.3 is 0 Å². The molecule has 0 unspecified atom stereocenters. The smallest absolute Gasteiger partial charge is 0.112 e. The zero-order valence-electron chi connectivity index (χ0n) is 10.5. The molecular formula is C15H18N2. The Kier molecular flexibility index (Phi) is 2.50. The minimum absolute atomic E-state index is 0.600. The molecule has 2 heterocycles. The van der Waals surface area contributed by atoms with Crippen molar-refractivity contribution in [1.82, 2.24) is 9.55 Å². The lowest BCUT2D eigenvalue weighted by Gasteiger charge is -2.19. The summed E-state index contributed by atoms with van der Waals surface area (Å²) in [5.74, 6) is 1.86. The van der Waals surface area contributed by atoms with Crippen LogP contribution in [0.4, 0.5) is 0 Å². The Morgan fingerprint density at radius 3 is 2.71 bits per heavy atom. The largest absolute Gasteiger partial charge is 0.334 e. The van der Waals surface area contributed by atoms with Gasteiger partial charge in [0, 0.05) is 24.2 Å². The Bertz CT molecular complexity index is 522. The van der Waals surface area contributed by atoms with Gasteiger partial charge in [0.1, 0.15) is 5.82 Å². The summed E-state index contributed by atoms with van der Waals surface area (Å²) in [6.07, 6.45) is 4.75. The second-order valence-corrected chi connectivity index (χ2v) is 5.09. The summed E-state index contributed by atoms with van der Waals surface area (Å²) in [6, 6.07) is 8.62. The third kappa shape index (κ3) is 1.88. The van der Waals surface area contributed by atoms with Gasteiger partial charge in [-0.3, -0.25) is 0 Å². The Morgan fingerprint density at radius 1 is 1.24 bits per heavy atom. The topological polar surface area (TPSA) is 17.8 Å². The zero-order chi connectivity index (χ0) is 11.8. The van der Waals surface area contributed by atoms with Crippen molar-refractivity contribution in [3.63, 3.8) is 0 Å². The molecule has 17 heavy (non-hydrogen) atoms. The molecule has 0 spiro atoms. The summed E-state index contributed by atoms with van der Waals surface area (Å²) < 4.78 is 2.32. The molecule has 0 N–H and O–H groups in total. The highest BCUT2D eigenvalue weighted by Crippen LogP contribution is 2.29. The molecule has 0 bridgehead atoms. The van der Waals surface area contributed by atoms with Crippen molar-refractivity contribution in [2.75, 3.05) is 0 Å². The maximum absolute atomic E-state index is 4.79. The summed E-state index contributed by atoms with van der Waals surface area (Å²) in [5, 5.41) is 0. The van der Waals surface area contributed by atoms with E-state index in [2.05, 4.69) is 48.9 Å². The van der Waals surface area contributed by atoms with Crippen molar-refractivity contribution in [1.29, 1.82) is 0 Å². The first kappa shape index (κ1) is 10.6. The van der Waals surface area contributed by atoms with Crippen LogP contribution in [-0.2, 0) is 6.54 Å². The number of hydrogen-bond donors (Lipinski definition) is 0. The Balaban J connectivity index is 2.02. The van der Waals surface area contributed by atoms with Gasteiger partial charge in [0.2, 0.25) is 0 Å². The van der Waals surface area contributed by atoms with Gasteiger partial charge < -0.3 is 4.57 Å². The van der Waals surface area contributed by atoms with E-state index in [0.29, 0.717) is 5.92 Å². The van der Waals surface area contributed by atoms with Crippen molar-refractivity contribution < 1.29 is 0 Å². The van der Waals surface area contributed by atoms with Gasteiger partial charge in [0.05, 0.1) is 5.69 Å². The third-order valence-corrected chi connectivity index (χ3v) is 3.63. The van der Waals surface area contributed by atoms with Crippen molar-refractivity contribution in [2.45, 2.75) is 39.2 Å². The van der Waals surface area contributed by atoms with E-state index in [4.69, 9.17) is 4.98 Å². The molecule has 1 aromatic carbocycles. The zero-order valence-corrected chi connectivity index (χ0v) is 10.5. The minimum atomic E-state index is 0.600. The number of rotatable bonds is 1. The second kappa shape index (κ2) is 4.02. The summed E-state index contributed by atoms with van der Waals surface area (Å²) in [7, 11) is 0. The number of benzene rings is 1. The Morgan fingerprint density at radius 2 is 2.00 bits per heavy atom. The molecule has 1 aliphatic rings. The summed E-state index contributed by atoms with van der Waals surface area (Å²) >= 11 is 0. The average Bonchev–Trinajstić information content (AvgIpc) is 2.75. The van der Waals surface area contributed by atoms with Crippen LogP contribution in [0.15, 0.2) is 30.5 Å². The van der Waals surface area contributed by atoms with Gasteiger partial charge in [-0.2, -0.15) is 0 Å². The lowest BCUT2D eigenvalue weighted by Crippen LogP contribution is -2.12. The molecule has 0 radical (unpaired) electrons. The second-order valence-electron chi connectivity index (χ2n) is 5.09. The highest BCUT2D eigenvalue weighted by Gasteiger charge is 2.19. The van der Waals surface area contributed by atoms with Crippen LogP contribution in [0.1, 0.15) is 37.1 Å². The minimum Gasteiger partial charge on any atom is -0.334 e. The molecule has 0 amide bonds. The molecule has 1 atom stereocenters. The maximum atomic E-state index is 4.79. The molecule has 0 fully saturated rings. The van der Waals surface area contributed by atoms with Crippen molar-refractivity contribution in [2.24, 2.45) is 0 Å². The third-order valence-electron chi connectivity index (χ3n) is 3.63. The molecule has 2 nitrogen and oxygen atoms in total. The van der Waals surface area contributed by atoms with Crippen LogP contribution in [0.25, 0.3) is 11.3 Å². The highest BCUT2D eigenvalue weighted by molar-refractivity contribution is 5.59. The van der Waals surface area contributed by atoms with Crippen LogP contribution < -0.4 is 0 Å². The van der Waals surface area contributed by atoms with Gasteiger partial charge in [-0.05, 0) is 19.8 Å². The quantitative estimate of drug-likeness (QED) is 0.724. The first-order chi connectivity index (χ1) is 8.24. The van der Waals surface area contributed by atoms with Crippen LogP contribution in [0.2, 0.25) is 0 Å². The fourth-order valence-corrected chi connectivity index (χ4v) is 2.56. The number of hydrogen-bond acceptors (Lipinski definition) is 1. The normalized spacial score (nSPS) is 19.1. The lowest BCUT2D eigenvalue weighted by molar-refractivity contribution is 0.463. The molecule has 2 aromatic rings. The Hall–Kier alpha value is -1.57. The standard InChI is InChI=1S/C15H18N2/c1-11-5-7-13(8-6-11)14-10-17-9-3-4-12(2)15(17)16-14/h5-8,10,12H,3-4,9H2,1-2H3/t12-/m0/s1. The van der Waals surface area contributed by atoms with E-state index >= 15 is 0 Å². The van der Waals surface area contributed by atoms with Crippen LogP contribution >= 0.6 is 0 Å². The van der Waals surface area contributed by atoms with Crippen LogP contribution in [0.5, 0.6) is 0 Å². The van der Waals surface area contributed by atoms with Crippen molar-refractivity contribution in [3.8, 4) is 11.3 Å². The number of nitrogens with zero attached hydrogens (tertiary/aromatic N) is 2. The van der Waals surface area contributed by atoms with Crippen molar-refractivity contribution in [3.05, 3.63) is 41.9 Å². The summed E-state index contributed by atoms with van der Waals surface area (Å²) in [5.41, 5.74) is 3.64. The summed E-state index contributed by atoms with van der Waals surface area (Å²) in [6.45, 7) is 5.51. The first-order valence-electron chi connectivity index (χ1n) is 6.38. The van der Waals surface area contributed by atoms with Crippen LogP contribution in [-0.4, -0.2) is 9.55 Å². The fraction of sp³-hybridized carbons (Fsp3) is 0.400. The predicted octanol–water partition coefficient (Wildman–Crippen LogP) is 3.76. The molecule has 1 aromatic heterocycles. The monoisotopic (exact) mass is 226 g/mol. The van der Waals surface area contributed by atoms with E-state index in [0.717, 1.165) is 12.2 Å². The molecule has 88 valence electrons. The van der Waals surface area contributed by atoms with Gasteiger partial charge in [0.25, 0.3) is 0 Å². The summed E-state index contributed by atoms with van der Waals surface area (Å²) in [4.78, 5) is 4.79. The number of aryl methyl sites for hydroxylation is 2. The van der Waals surface area contributed by atoms with E-state index in [9.17, 15) is 0 Å². The van der Waals surface area contributed by atoms with Gasteiger partial charge in [-0.25, -0.2) is 4.98 Å². The maximum Gasteiger partial charge on any atom is 0.112 e. The molecule has 0 saturated heterocycles. The number of imidazole rings is 1. The molecule has 1 aliphatic heterocycles. The van der Waals surface area contributed by atoms with Gasteiger partial charge in [0.15, 0.2) is 0 Å². The van der Waals surface area contributed by atoms with Gasteiger partial charge in [-0.15, -0.1) is 0 Å². The van der Waals surface area contributed by atoms with Crippen molar-refractivity contribution >= 4 is 0 Å². The van der Waals surface area contributed by atoms with Gasteiger partial charge in [-0.1, -0.05) is 36.8 Å². The van der Waals surface area contributed by atoms with Crippen LogP contribution in [0, 0.1) is 6.92 Å². The SMILES string of the molecule is Cc1ccc(-c2cn3c(n2)[C@@H](C)CCC3)cc1. The molecule has 3 rings (SSSR count). The number of fused-ring (bicyclic) bond motifs is 1. The molecular weight excluding hydrogens is 208 g/mol. The average molecular weight is 226 g/mol. The Labute approximate surface area is 102 Å². The molecule has 0 saturated carbocycles. The van der Waals surface area contributed by atoms with Crippen LogP contribution in [0.3, 0.4) is 0 Å². The first-order valence-corrected chi connectivity index (χ1v) is 6.38. The van der Waals surface area contributed by atoms with E-state index in [1.54, 1.807) is 0 Å².